The van der Waals surface area contributed by atoms with Crippen LogP contribution in [0.5, 0.6) is 11.5 Å². The Labute approximate surface area is 222 Å². The number of nitrogens with zero attached hydrogens (tertiary/aromatic N) is 4. The Kier molecular flexibility index (Phi) is 7.37. The van der Waals surface area contributed by atoms with E-state index in [0.29, 0.717) is 12.4 Å². The lowest BCUT2D eigenvalue weighted by Crippen LogP contribution is -2.37. The molecule has 9 heteroatoms. The molecule has 1 aliphatic carbocycles. The zero-order valence-electron chi connectivity index (χ0n) is 21.8. The van der Waals surface area contributed by atoms with Crippen molar-refractivity contribution in [2.75, 3.05) is 51.9 Å². The van der Waals surface area contributed by atoms with Gasteiger partial charge in [-0.3, -0.25) is 10.00 Å². The Balaban J connectivity index is 1.21. The smallest absolute Gasteiger partial charge is 0.162 e. The molecule has 0 bridgehead atoms. The van der Waals surface area contributed by atoms with Gasteiger partial charge in [-0.2, -0.15) is 5.10 Å². The first-order valence-corrected chi connectivity index (χ1v) is 13.4. The van der Waals surface area contributed by atoms with Crippen LogP contribution in [0.4, 0.5) is 5.82 Å². The second-order valence-electron chi connectivity index (χ2n) is 9.92. The molecule has 9 nitrogen and oxygen atoms in total. The number of rotatable bonds is 9. The number of hydrogen-bond acceptors (Lipinski definition) is 8. The molecule has 0 spiro atoms. The third-order valence-electron chi connectivity index (χ3n) is 7.34. The number of fused-ring (bicyclic) bond motifs is 2. The number of methoxy groups -OCH3 is 1. The molecule has 2 aromatic heterocycles. The monoisotopic (exact) mass is 514 g/mol. The fourth-order valence-corrected chi connectivity index (χ4v) is 5.23. The lowest BCUT2D eigenvalue weighted by molar-refractivity contribution is 0.0358. The number of morpholine rings is 1. The van der Waals surface area contributed by atoms with Crippen molar-refractivity contribution in [3.05, 3.63) is 59.9 Å². The molecule has 1 atom stereocenters. The van der Waals surface area contributed by atoms with Crippen LogP contribution >= 0.6 is 0 Å². The number of aromatic nitrogens is 4. The number of H-pyrrole nitrogens is 1. The second kappa shape index (κ2) is 11.4. The fraction of sp³-hybridized carbons (Fsp3) is 0.414. The van der Waals surface area contributed by atoms with Crippen molar-refractivity contribution in [3.8, 4) is 22.9 Å². The summed E-state index contributed by atoms with van der Waals surface area (Å²) in [6, 6.07) is 14.3. The quantitative estimate of drug-likeness (QED) is 0.322. The first-order chi connectivity index (χ1) is 18.7. The standard InChI is InChI=1S/C29H34N6O3/c1-36-23-7-9-27-25(18-23)29(31-22-6-8-26-21(16-22)19-30-34-26)33-28(32-27)20-4-2-5-24(17-20)38-13-3-10-35-11-14-37-15-12-35/h2,4-5,7,9,17-19,22H,3,6,8,10-16H2,1H3,(H,30,34)(H,31,32,33). The molecule has 1 aliphatic heterocycles. The average molecular weight is 515 g/mol. The van der Waals surface area contributed by atoms with Gasteiger partial charge in [0.15, 0.2) is 5.82 Å². The van der Waals surface area contributed by atoms with E-state index in [9.17, 15) is 0 Å². The normalized spacial score (nSPS) is 17.8. The highest BCUT2D eigenvalue weighted by molar-refractivity contribution is 5.92. The predicted octanol–water partition coefficient (Wildman–Crippen LogP) is 4.10. The molecule has 1 saturated heterocycles. The Morgan fingerprint density at radius 3 is 2.92 bits per heavy atom. The maximum atomic E-state index is 6.10. The lowest BCUT2D eigenvalue weighted by Gasteiger charge is -2.26. The van der Waals surface area contributed by atoms with E-state index in [1.807, 2.05) is 48.7 Å². The Bertz CT molecular complexity index is 1380. The van der Waals surface area contributed by atoms with E-state index in [4.69, 9.17) is 24.2 Å². The SMILES string of the molecule is COc1ccc2nc(-c3cccc(OCCCN4CCOCC4)c3)nc(NC3CCc4[nH]ncc4C3)c2c1. The Morgan fingerprint density at radius 2 is 2.03 bits per heavy atom. The molecule has 2 N–H and O–H groups in total. The summed E-state index contributed by atoms with van der Waals surface area (Å²) >= 11 is 0. The van der Waals surface area contributed by atoms with E-state index in [1.165, 1.54) is 11.3 Å². The fourth-order valence-electron chi connectivity index (χ4n) is 5.23. The van der Waals surface area contributed by atoms with Gasteiger partial charge in [-0.15, -0.1) is 0 Å². The Hall–Kier alpha value is -3.69. The third-order valence-corrected chi connectivity index (χ3v) is 7.34. The minimum Gasteiger partial charge on any atom is -0.497 e. The maximum absolute atomic E-state index is 6.10. The molecule has 1 unspecified atom stereocenters. The van der Waals surface area contributed by atoms with Gasteiger partial charge >= 0.3 is 0 Å². The molecule has 198 valence electrons. The summed E-state index contributed by atoms with van der Waals surface area (Å²) in [6.45, 7) is 5.34. The van der Waals surface area contributed by atoms with Crippen LogP contribution in [0.3, 0.4) is 0 Å². The molecule has 3 heterocycles. The van der Waals surface area contributed by atoms with Crippen LogP contribution in [0.15, 0.2) is 48.7 Å². The highest BCUT2D eigenvalue weighted by Crippen LogP contribution is 2.31. The van der Waals surface area contributed by atoms with Crippen LogP contribution in [-0.2, 0) is 17.6 Å². The number of hydrogen-bond donors (Lipinski definition) is 2. The minimum absolute atomic E-state index is 0.262. The van der Waals surface area contributed by atoms with Crippen LogP contribution in [0, 0.1) is 0 Å². The van der Waals surface area contributed by atoms with Crippen molar-refractivity contribution in [1.82, 2.24) is 25.1 Å². The van der Waals surface area contributed by atoms with Gasteiger partial charge in [0, 0.05) is 42.3 Å². The van der Waals surface area contributed by atoms with Gasteiger partial charge in [0.25, 0.3) is 0 Å². The van der Waals surface area contributed by atoms with Crippen LogP contribution in [0.1, 0.15) is 24.1 Å². The van der Waals surface area contributed by atoms with Gasteiger partial charge in [0.1, 0.15) is 17.3 Å². The first-order valence-electron chi connectivity index (χ1n) is 13.4. The third kappa shape index (κ3) is 5.58. The van der Waals surface area contributed by atoms with E-state index in [0.717, 1.165) is 92.3 Å². The summed E-state index contributed by atoms with van der Waals surface area (Å²) in [6.07, 6.45) is 5.80. The number of ether oxygens (including phenoxy) is 3. The number of aromatic amines is 1. The molecule has 4 aromatic rings. The molecule has 2 aromatic carbocycles. The van der Waals surface area contributed by atoms with Gasteiger partial charge in [-0.1, -0.05) is 12.1 Å². The first kappa shape index (κ1) is 24.6. The van der Waals surface area contributed by atoms with Crippen molar-refractivity contribution in [2.45, 2.75) is 31.7 Å². The van der Waals surface area contributed by atoms with Gasteiger partial charge in [0.05, 0.1) is 38.6 Å². The summed E-state index contributed by atoms with van der Waals surface area (Å²) in [5.74, 6) is 3.10. The van der Waals surface area contributed by atoms with Gasteiger partial charge < -0.3 is 19.5 Å². The maximum Gasteiger partial charge on any atom is 0.162 e. The van der Waals surface area contributed by atoms with E-state index in [2.05, 4.69) is 20.4 Å². The number of nitrogens with one attached hydrogen (secondary N) is 2. The summed E-state index contributed by atoms with van der Waals surface area (Å²) in [7, 11) is 1.68. The van der Waals surface area contributed by atoms with Crippen molar-refractivity contribution in [1.29, 1.82) is 0 Å². The zero-order chi connectivity index (χ0) is 25.7. The molecule has 0 amide bonds. The van der Waals surface area contributed by atoms with E-state index >= 15 is 0 Å². The molecule has 0 saturated carbocycles. The largest absolute Gasteiger partial charge is 0.497 e. The van der Waals surface area contributed by atoms with Crippen molar-refractivity contribution < 1.29 is 14.2 Å². The Morgan fingerprint density at radius 1 is 1.11 bits per heavy atom. The van der Waals surface area contributed by atoms with Crippen LogP contribution < -0.4 is 14.8 Å². The van der Waals surface area contributed by atoms with Gasteiger partial charge in [-0.25, -0.2) is 9.97 Å². The van der Waals surface area contributed by atoms with Crippen molar-refractivity contribution in [2.24, 2.45) is 0 Å². The van der Waals surface area contributed by atoms with Crippen LogP contribution in [-0.4, -0.2) is 77.7 Å². The average Bonchev–Trinajstić information content (AvgIpc) is 3.44. The van der Waals surface area contributed by atoms with Gasteiger partial charge in [0.2, 0.25) is 0 Å². The second-order valence-corrected chi connectivity index (χ2v) is 9.92. The lowest BCUT2D eigenvalue weighted by atomic mass is 9.93. The summed E-state index contributed by atoms with van der Waals surface area (Å²) in [4.78, 5) is 12.3. The zero-order valence-corrected chi connectivity index (χ0v) is 21.8. The topological polar surface area (TPSA) is 97.4 Å². The summed E-state index contributed by atoms with van der Waals surface area (Å²) in [5, 5.41) is 12.0. The van der Waals surface area contributed by atoms with Crippen molar-refractivity contribution >= 4 is 16.7 Å². The highest BCUT2D eigenvalue weighted by atomic mass is 16.5. The molecule has 0 radical (unpaired) electrons. The van der Waals surface area contributed by atoms with E-state index < -0.39 is 0 Å². The molecule has 6 rings (SSSR count). The predicted molar refractivity (Wildman–Crippen MR) is 147 cm³/mol. The molecular formula is C29H34N6O3. The summed E-state index contributed by atoms with van der Waals surface area (Å²) in [5.41, 5.74) is 4.30. The van der Waals surface area contributed by atoms with Crippen LogP contribution in [0.2, 0.25) is 0 Å². The van der Waals surface area contributed by atoms with E-state index in [-0.39, 0.29) is 6.04 Å². The highest BCUT2D eigenvalue weighted by Gasteiger charge is 2.22. The summed E-state index contributed by atoms with van der Waals surface area (Å²) < 4.78 is 17.0. The number of anilines is 1. The minimum atomic E-state index is 0.262. The molecule has 2 aliphatic rings. The molecular weight excluding hydrogens is 480 g/mol. The number of aryl methyl sites for hydroxylation is 1. The molecule has 1 fully saturated rings. The van der Waals surface area contributed by atoms with Crippen molar-refractivity contribution in [3.63, 3.8) is 0 Å². The van der Waals surface area contributed by atoms with Crippen LogP contribution in [0.25, 0.3) is 22.3 Å². The van der Waals surface area contributed by atoms with E-state index in [1.54, 1.807) is 7.11 Å². The number of benzene rings is 2. The van der Waals surface area contributed by atoms with Gasteiger partial charge in [-0.05, 0) is 61.6 Å². The molecule has 38 heavy (non-hydrogen) atoms.